The molecule has 2 rings (SSSR count). The fourth-order valence-electron chi connectivity index (χ4n) is 2.72. The second-order valence-electron chi connectivity index (χ2n) is 6.09. The molecule has 10 atom stereocenters. The minimum absolute atomic E-state index is 0.776. The summed E-state index contributed by atoms with van der Waals surface area (Å²) in [5.41, 5.74) is 0. The lowest BCUT2D eigenvalue weighted by atomic mass is 9.97. The Balaban J connectivity index is 2.11. The highest BCUT2D eigenvalue weighted by Crippen LogP contribution is 2.31. The van der Waals surface area contributed by atoms with Crippen LogP contribution in [0.4, 0.5) is 0 Å². The third kappa shape index (κ3) is 5.41. The molecule has 27 heavy (non-hydrogen) atoms. The fourth-order valence-corrected chi connectivity index (χ4v) is 3.05. The number of phosphoric acid groups is 1. The molecule has 2 fully saturated rings. The SMILES string of the molecule is O=P([O-])([O-])OC[C@H]1O[C@@H](O[C@H]2[C@H](O)[C@@H](O)[C@H](O)O[C@@H]2CO)[C@H](O)[C@@H](O)[C@@H]1O. The van der Waals surface area contributed by atoms with Crippen molar-refractivity contribution < 1.29 is 68.8 Å². The Morgan fingerprint density at radius 2 is 1.48 bits per heavy atom. The highest BCUT2D eigenvalue weighted by atomic mass is 31.2. The molecule has 0 bridgehead atoms. The van der Waals surface area contributed by atoms with Crippen molar-refractivity contribution >= 4 is 7.82 Å². The highest BCUT2D eigenvalue weighted by Gasteiger charge is 2.50. The first kappa shape index (κ1) is 23.0. The largest absolute Gasteiger partial charge is 0.790 e. The van der Waals surface area contributed by atoms with Gasteiger partial charge in [0.25, 0.3) is 0 Å². The predicted octanol–water partition coefficient (Wildman–Crippen LogP) is -6.54. The van der Waals surface area contributed by atoms with Gasteiger partial charge < -0.3 is 68.8 Å². The van der Waals surface area contributed by atoms with Gasteiger partial charge in [0.2, 0.25) is 0 Å². The first-order valence-electron chi connectivity index (χ1n) is 7.78. The lowest BCUT2D eigenvalue weighted by molar-refractivity contribution is -0.362. The van der Waals surface area contributed by atoms with Gasteiger partial charge in [-0.15, -0.1) is 0 Å². The topological polar surface area (TPSA) is 242 Å². The van der Waals surface area contributed by atoms with Crippen molar-refractivity contribution in [2.45, 2.75) is 61.4 Å². The first-order valence-corrected chi connectivity index (χ1v) is 9.24. The van der Waals surface area contributed by atoms with Crippen LogP contribution in [0.2, 0.25) is 0 Å². The van der Waals surface area contributed by atoms with E-state index in [2.05, 4.69) is 4.52 Å². The van der Waals surface area contributed by atoms with Gasteiger partial charge in [-0.1, -0.05) is 0 Å². The number of hydrogen-bond donors (Lipinski definition) is 7. The highest BCUT2D eigenvalue weighted by molar-refractivity contribution is 7.43. The van der Waals surface area contributed by atoms with Crippen molar-refractivity contribution in [3.8, 4) is 0 Å². The van der Waals surface area contributed by atoms with Gasteiger partial charge >= 0.3 is 0 Å². The monoisotopic (exact) mass is 420 g/mol. The number of phosphoric ester groups is 1. The molecule has 0 saturated carbocycles. The summed E-state index contributed by atoms with van der Waals surface area (Å²) in [6, 6.07) is 0. The van der Waals surface area contributed by atoms with Crippen molar-refractivity contribution in [2.75, 3.05) is 13.2 Å². The molecule has 0 aromatic heterocycles. The Kier molecular flexibility index (Phi) is 7.68. The Morgan fingerprint density at radius 1 is 0.852 bits per heavy atom. The molecule has 2 heterocycles. The molecular formula is C12H21O14P-2. The number of aliphatic hydroxyl groups is 7. The quantitative estimate of drug-likeness (QED) is 0.198. The Hall–Kier alpha value is -0.290. The zero-order valence-electron chi connectivity index (χ0n) is 13.6. The smallest absolute Gasteiger partial charge is 0.187 e. The number of aliphatic hydroxyl groups excluding tert-OH is 7. The third-order valence-electron chi connectivity index (χ3n) is 4.20. The molecule has 14 nitrogen and oxygen atoms in total. The van der Waals surface area contributed by atoms with Crippen LogP contribution in [0.1, 0.15) is 0 Å². The summed E-state index contributed by atoms with van der Waals surface area (Å²) in [5.74, 6) is 0. The Morgan fingerprint density at radius 3 is 2.04 bits per heavy atom. The van der Waals surface area contributed by atoms with E-state index in [9.17, 15) is 50.1 Å². The van der Waals surface area contributed by atoms with Crippen molar-refractivity contribution in [3.05, 3.63) is 0 Å². The van der Waals surface area contributed by atoms with E-state index in [4.69, 9.17) is 14.2 Å². The van der Waals surface area contributed by atoms with Gasteiger partial charge in [0, 0.05) is 0 Å². The molecule has 15 heteroatoms. The molecule has 0 aromatic rings. The van der Waals surface area contributed by atoms with Crippen LogP contribution in [0.3, 0.4) is 0 Å². The van der Waals surface area contributed by atoms with Crippen molar-refractivity contribution in [3.63, 3.8) is 0 Å². The van der Waals surface area contributed by atoms with Gasteiger partial charge in [0.1, 0.15) is 48.8 Å². The summed E-state index contributed by atoms with van der Waals surface area (Å²) in [4.78, 5) is 21.1. The molecule has 0 amide bonds. The van der Waals surface area contributed by atoms with Crippen LogP contribution in [-0.2, 0) is 23.3 Å². The third-order valence-corrected chi connectivity index (χ3v) is 4.66. The number of rotatable bonds is 6. The summed E-state index contributed by atoms with van der Waals surface area (Å²) in [5, 5.41) is 68.0. The molecule has 0 aliphatic carbocycles. The summed E-state index contributed by atoms with van der Waals surface area (Å²) < 4.78 is 29.7. The molecule has 2 aliphatic rings. The van der Waals surface area contributed by atoms with Crippen molar-refractivity contribution in [1.29, 1.82) is 0 Å². The van der Waals surface area contributed by atoms with Crippen molar-refractivity contribution in [1.82, 2.24) is 0 Å². The molecular weight excluding hydrogens is 399 g/mol. The zero-order valence-corrected chi connectivity index (χ0v) is 14.5. The van der Waals surface area contributed by atoms with Crippen LogP contribution < -0.4 is 9.79 Å². The van der Waals surface area contributed by atoms with E-state index in [0.29, 0.717) is 0 Å². The van der Waals surface area contributed by atoms with Gasteiger partial charge in [0.05, 0.1) is 21.0 Å². The van der Waals surface area contributed by atoms with Crippen LogP contribution in [0.5, 0.6) is 0 Å². The summed E-state index contributed by atoms with van der Waals surface area (Å²) in [6.07, 6.45) is -17.5. The summed E-state index contributed by atoms with van der Waals surface area (Å²) in [7, 11) is -5.42. The van der Waals surface area contributed by atoms with E-state index in [1.165, 1.54) is 0 Å². The number of ether oxygens (including phenoxy) is 3. The minimum atomic E-state index is -5.42. The van der Waals surface area contributed by atoms with E-state index >= 15 is 0 Å². The van der Waals surface area contributed by atoms with Gasteiger partial charge in [0.15, 0.2) is 12.6 Å². The van der Waals surface area contributed by atoms with E-state index in [-0.39, 0.29) is 0 Å². The van der Waals surface area contributed by atoms with Gasteiger partial charge in [-0.3, -0.25) is 0 Å². The fraction of sp³-hybridized carbons (Fsp3) is 1.00. The molecule has 0 spiro atoms. The van der Waals surface area contributed by atoms with Crippen LogP contribution >= 0.6 is 7.82 Å². The Bertz CT molecular complexity index is 526. The minimum Gasteiger partial charge on any atom is -0.790 e. The van der Waals surface area contributed by atoms with E-state index < -0.39 is 82.4 Å². The van der Waals surface area contributed by atoms with Gasteiger partial charge in [-0.2, -0.15) is 0 Å². The maximum atomic E-state index is 10.6. The number of hydrogen-bond acceptors (Lipinski definition) is 14. The molecule has 2 saturated heterocycles. The average molecular weight is 420 g/mol. The van der Waals surface area contributed by atoms with Gasteiger partial charge in [-0.25, -0.2) is 0 Å². The van der Waals surface area contributed by atoms with Crippen molar-refractivity contribution in [2.24, 2.45) is 0 Å². The maximum Gasteiger partial charge on any atom is 0.187 e. The molecule has 0 radical (unpaired) electrons. The van der Waals surface area contributed by atoms with E-state index in [0.717, 1.165) is 0 Å². The molecule has 0 unspecified atom stereocenters. The van der Waals surface area contributed by atoms with Crippen LogP contribution in [0.15, 0.2) is 0 Å². The molecule has 0 aromatic carbocycles. The van der Waals surface area contributed by atoms with E-state index in [1.54, 1.807) is 0 Å². The standard InChI is InChI=1S/C12H23O14P/c13-1-3-10(7(16)8(17)11(19)24-3)26-12-9(18)6(15)5(14)4(25-12)2-23-27(20,21)22/h3-19H,1-2H2,(H2,20,21,22)/p-2/t3-,4-,5-,6+,7-,8-,9-,10-,11-,12+/m1/s1. The zero-order chi connectivity index (χ0) is 20.5. The van der Waals surface area contributed by atoms with Crippen LogP contribution in [0.25, 0.3) is 0 Å². The summed E-state index contributed by atoms with van der Waals surface area (Å²) >= 11 is 0. The van der Waals surface area contributed by atoms with Crippen LogP contribution in [0, 0.1) is 0 Å². The molecule has 7 N–H and O–H groups in total. The second kappa shape index (κ2) is 9.02. The van der Waals surface area contributed by atoms with Gasteiger partial charge in [-0.05, 0) is 0 Å². The lowest BCUT2D eigenvalue weighted by Gasteiger charge is -2.45. The van der Waals surface area contributed by atoms with E-state index in [1.807, 2.05) is 0 Å². The maximum absolute atomic E-state index is 10.6. The molecule has 160 valence electrons. The van der Waals surface area contributed by atoms with Crippen LogP contribution in [-0.4, -0.2) is 110 Å². The lowest BCUT2D eigenvalue weighted by Crippen LogP contribution is -2.64. The Labute approximate surface area is 152 Å². The predicted molar refractivity (Wildman–Crippen MR) is 75.1 cm³/mol. The summed E-state index contributed by atoms with van der Waals surface area (Å²) in [6.45, 7) is -1.77. The first-order chi connectivity index (χ1) is 12.5. The average Bonchev–Trinajstić information content (AvgIpc) is 2.60. The molecule has 2 aliphatic heterocycles. The normalized spacial score (nSPS) is 46.4. The second-order valence-corrected chi connectivity index (χ2v) is 7.24.